The van der Waals surface area contributed by atoms with Gasteiger partial charge in [-0.15, -0.1) is 0 Å². The Morgan fingerprint density at radius 2 is 1.02 bits per heavy atom. The predicted molar refractivity (Wildman–Crippen MR) is 186 cm³/mol. The van der Waals surface area contributed by atoms with E-state index >= 15 is 13.2 Å². The third kappa shape index (κ3) is 4.90. The van der Waals surface area contributed by atoms with Crippen LogP contribution in [0, 0.1) is 20.4 Å². The Labute approximate surface area is 282 Å². The van der Waals surface area contributed by atoms with E-state index in [9.17, 15) is 13.2 Å². The minimum absolute atomic E-state index is 0.191. The number of aryl methyl sites for hydroxylation is 2. The molecule has 0 saturated heterocycles. The monoisotopic (exact) mass is 673 g/mol. The Morgan fingerprint density at radius 1 is 0.520 bits per heavy atom. The van der Waals surface area contributed by atoms with Gasteiger partial charge in [-0.1, -0.05) is 59.7 Å². The highest BCUT2D eigenvalue weighted by atomic mass is 19.4. The van der Waals surface area contributed by atoms with Crippen LogP contribution in [0.5, 0.6) is 0 Å². The molecule has 0 amide bonds. The third-order valence-corrected chi connectivity index (χ3v) is 9.24. The molecule has 8 aromatic rings. The summed E-state index contributed by atoms with van der Waals surface area (Å²) in [5, 5.41) is 3.43. The third-order valence-electron chi connectivity index (χ3n) is 9.24. The summed E-state index contributed by atoms with van der Waals surface area (Å²) in [5.41, 5.74) is 1.67. The average Bonchev–Trinajstić information content (AvgIpc) is 3.58. The van der Waals surface area contributed by atoms with E-state index in [0.717, 1.165) is 44.8 Å². The number of benzene rings is 6. The normalized spacial score (nSPS) is 12.4. The maximum Gasteiger partial charge on any atom is 0.417 e. The molecule has 0 unspecified atom stereocenters. The number of hydrogen-bond acceptors (Lipinski definition) is 0. The second-order valence-electron chi connectivity index (χ2n) is 12.5. The van der Waals surface area contributed by atoms with Gasteiger partial charge in [0.1, 0.15) is 0 Å². The number of fused-ring (bicyclic) bond motifs is 6. The van der Waals surface area contributed by atoms with Gasteiger partial charge in [-0.3, -0.25) is 0 Å². The number of aromatic nitrogens is 2. The lowest BCUT2D eigenvalue weighted by Gasteiger charge is -2.22. The van der Waals surface area contributed by atoms with Crippen LogP contribution < -0.4 is 0 Å². The highest BCUT2D eigenvalue weighted by molar-refractivity contribution is 6.12. The predicted octanol–water partition coefficient (Wildman–Crippen LogP) is 12.8. The van der Waals surface area contributed by atoms with Gasteiger partial charge < -0.3 is 9.13 Å². The molecule has 0 saturated carbocycles. The smallest absolute Gasteiger partial charge is 0.307 e. The number of nitrogens with zero attached hydrogens (tertiary/aromatic N) is 3. The van der Waals surface area contributed by atoms with E-state index in [-0.39, 0.29) is 11.3 Å². The fraction of sp³-hybridized carbons (Fsp3) is 0.0976. The first-order valence-corrected chi connectivity index (χ1v) is 15.7. The molecule has 50 heavy (non-hydrogen) atoms. The van der Waals surface area contributed by atoms with Crippen molar-refractivity contribution in [2.75, 3.05) is 0 Å². The molecule has 0 N–H and O–H groups in total. The van der Waals surface area contributed by atoms with E-state index in [1.165, 1.54) is 6.07 Å². The quantitative estimate of drug-likeness (QED) is 0.131. The Kier molecular flexibility index (Phi) is 6.88. The summed E-state index contributed by atoms with van der Waals surface area (Å²) < 4.78 is 91.7. The molecule has 246 valence electrons. The molecule has 8 rings (SSSR count). The molecule has 0 aliphatic carbocycles. The molecule has 9 heteroatoms. The molecule has 3 nitrogen and oxygen atoms in total. The summed E-state index contributed by atoms with van der Waals surface area (Å²) in [5.74, 6) is 0. The Hall–Kier alpha value is -6.01. The van der Waals surface area contributed by atoms with Crippen LogP contribution >= 0.6 is 0 Å². The van der Waals surface area contributed by atoms with E-state index < -0.39 is 34.7 Å². The second-order valence-corrected chi connectivity index (χ2v) is 12.5. The summed E-state index contributed by atoms with van der Waals surface area (Å²) in [7, 11) is 0. The fourth-order valence-corrected chi connectivity index (χ4v) is 7.10. The van der Waals surface area contributed by atoms with Crippen LogP contribution in [0.1, 0.15) is 22.3 Å². The summed E-state index contributed by atoms with van der Waals surface area (Å²) in [4.78, 5) is 3.18. The zero-order chi connectivity index (χ0) is 35.1. The van der Waals surface area contributed by atoms with Crippen molar-refractivity contribution in [3.63, 3.8) is 0 Å². The first-order valence-electron chi connectivity index (χ1n) is 15.7. The van der Waals surface area contributed by atoms with Crippen molar-refractivity contribution in [1.82, 2.24) is 9.13 Å². The molecule has 0 fully saturated rings. The summed E-state index contributed by atoms with van der Waals surface area (Å²) in [6.07, 6.45) is -9.86. The summed E-state index contributed by atoms with van der Waals surface area (Å²) >= 11 is 0. The minimum Gasteiger partial charge on any atom is -0.307 e. The van der Waals surface area contributed by atoms with Crippen LogP contribution in [0.3, 0.4) is 0 Å². The first-order chi connectivity index (χ1) is 23.8. The number of para-hydroxylation sites is 2. The molecular weight excluding hydrogens is 648 g/mol. The zero-order valence-corrected chi connectivity index (χ0v) is 26.6. The number of alkyl halides is 6. The molecule has 0 aliphatic heterocycles. The molecule has 6 aromatic carbocycles. The van der Waals surface area contributed by atoms with E-state index in [1.54, 1.807) is 4.57 Å². The maximum absolute atomic E-state index is 15.3. The van der Waals surface area contributed by atoms with Crippen molar-refractivity contribution in [1.29, 1.82) is 0 Å². The molecule has 2 aromatic heterocycles. The van der Waals surface area contributed by atoms with E-state index in [1.807, 2.05) is 103 Å². The molecule has 2 heterocycles. The van der Waals surface area contributed by atoms with Crippen LogP contribution in [0.2, 0.25) is 0 Å². The van der Waals surface area contributed by atoms with Gasteiger partial charge in [0.2, 0.25) is 0 Å². The van der Waals surface area contributed by atoms with E-state index in [4.69, 9.17) is 6.57 Å². The average molecular weight is 674 g/mol. The van der Waals surface area contributed by atoms with Gasteiger partial charge in [0.05, 0.1) is 45.6 Å². The van der Waals surface area contributed by atoms with Crippen LogP contribution in [-0.4, -0.2) is 9.13 Å². The molecule has 0 spiro atoms. The van der Waals surface area contributed by atoms with Crippen molar-refractivity contribution in [2.24, 2.45) is 0 Å². The Balaban J connectivity index is 1.60. The van der Waals surface area contributed by atoms with Gasteiger partial charge in [0, 0.05) is 27.1 Å². The van der Waals surface area contributed by atoms with Crippen molar-refractivity contribution in [3.8, 4) is 22.5 Å². The van der Waals surface area contributed by atoms with E-state index in [2.05, 4.69) is 4.85 Å². The Bertz CT molecular complexity index is 2720. The van der Waals surface area contributed by atoms with Crippen LogP contribution in [0.25, 0.3) is 71.0 Å². The van der Waals surface area contributed by atoms with Gasteiger partial charge in [-0.2, -0.15) is 26.3 Å². The lowest BCUT2D eigenvalue weighted by molar-refractivity contribution is -0.137. The molecule has 0 radical (unpaired) electrons. The zero-order valence-electron chi connectivity index (χ0n) is 26.6. The number of hydrogen-bond donors (Lipinski definition) is 0. The maximum atomic E-state index is 15.3. The minimum atomic E-state index is -4.97. The SMILES string of the molecule is [C-]#[N+]c1cc(-c2cc(-n3c4ccccc4c4cc(C)ccc43)c(-n3c4ccccc4c4cc(C)ccc43)cc2C(F)(F)F)cc(C(F)(F)F)c1. The first kappa shape index (κ1) is 31.3. The lowest BCUT2D eigenvalue weighted by atomic mass is 9.95. The van der Waals surface area contributed by atoms with Crippen molar-refractivity contribution < 1.29 is 26.3 Å². The van der Waals surface area contributed by atoms with Gasteiger partial charge >= 0.3 is 12.4 Å². The van der Waals surface area contributed by atoms with Crippen LogP contribution in [0.15, 0.2) is 115 Å². The Morgan fingerprint density at radius 3 is 1.52 bits per heavy atom. The summed E-state index contributed by atoms with van der Waals surface area (Å²) in [6.45, 7) is 11.4. The molecular formula is C41H25F6N3. The highest BCUT2D eigenvalue weighted by Gasteiger charge is 2.37. The second kappa shape index (κ2) is 11.0. The van der Waals surface area contributed by atoms with Crippen molar-refractivity contribution in [2.45, 2.75) is 26.2 Å². The van der Waals surface area contributed by atoms with E-state index in [0.29, 0.717) is 39.9 Å². The topological polar surface area (TPSA) is 14.2 Å². The highest BCUT2D eigenvalue weighted by Crippen LogP contribution is 2.46. The molecule has 0 bridgehead atoms. The van der Waals surface area contributed by atoms with Crippen molar-refractivity contribution >= 4 is 49.3 Å². The molecule has 0 atom stereocenters. The largest absolute Gasteiger partial charge is 0.417 e. The number of rotatable bonds is 3. The van der Waals surface area contributed by atoms with Crippen LogP contribution in [0.4, 0.5) is 32.0 Å². The lowest BCUT2D eigenvalue weighted by Crippen LogP contribution is -2.12. The molecule has 0 aliphatic rings. The van der Waals surface area contributed by atoms with Crippen molar-refractivity contribution in [3.05, 3.63) is 149 Å². The van der Waals surface area contributed by atoms with Gasteiger partial charge in [-0.25, -0.2) is 4.85 Å². The fourth-order valence-electron chi connectivity index (χ4n) is 7.10. The van der Waals surface area contributed by atoms with Crippen LogP contribution in [-0.2, 0) is 12.4 Å². The van der Waals surface area contributed by atoms with Gasteiger partial charge in [0.25, 0.3) is 0 Å². The number of halogens is 6. The summed E-state index contributed by atoms with van der Waals surface area (Å²) in [6, 6.07) is 31.4. The van der Waals surface area contributed by atoms with Gasteiger partial charge in [-0.05, 0) is 91.7 Å². The standard InChI is InChI=1S/C41H25F6N3/c1-23-12-14-36-31(16-23)28-8-4-6-10-34(28)49(36)38-21-30(25-18-26(40(42,43)44)20-27(19-25)48-3)33(41(45,46)47)22-39(38)50-35-11-7-5-9-29(35)32-17-24(2)13-15-37(32)50/h4-22H,1-2H3. The van der Waals surface area contributed by atoms with Gasteiger partial charge in [0.15, 0.2) is 5.69 Å².